The molecule has 0 aliphatic heterocycles. The minimum Gasteiger partial charge on any atom is -0.327 e. The van der Waals surface area contributed by atoms with Crippen molar-refractivity contribution in [1.29, 1.82) is 0 Å². The molecule has 0 amide bonds. The zero-order valence-corrected chi connectivity index (χ0v) is 11.6. The summed E-state index contributed by atoms with van der Waals surface area (Å²) in [6.07, 6.45) is 8.08. The first-order valence-corrected chi connectivity index (χ1v) is 7.37. The Morgan fingerprint density at radius 3 is 2.83 bits per heavy atom. The highest BCUT2D eigenvalue weighted by atomic mass is 15.3. The summed E-state index contributed by atoms with van der Waals surface area (Å²) in [6, 6.07) is 2.48. The molecular weight excluding hydrogens is 222 g/mol. The Bertz CT molecular complexity index is 423. The Balaban J connectivity index is 1.56. The van der Waals surface area contributed by atoms with Gasteiger partial charge in [0.1, 0.15) is 0 Å². The summed E-state index contributed by atoms with van der Waals surface area (Å²) < 4.78 is 1.98. The van der Waals surface area contributed by atoms with E-state index in [4.69, 9.17) is 5.73 Å². The third-order valence-corrected chi connectivity index (χ3v) is 5.06. The Morgan fingerprint density at radius 2 is 2.28 bits per heavy atom. The van der Waals surface area contributed by atoms with Crippen LogP contribution in [-0.4, -0.2) is 15.8 Å². The molecule has 0 saturated heterocycles. The fourth-order valence-corrected chi connectivity index (χ4v) is 4.26. The zero-order chi connectivity index (χ0) is 12.7. The molecule has 2 fully saturated rings. The number of aryl methyl sites for hydroxylation is 2. The smallest absolute Gasteiger partial charge is 0.0596 e. The SMILES string of the molecule is Cc1cc(CC(N)CC2CC3CCC2C3)n(C)n1. The third kappa shape index (κ3) is 2.33. The number of fused-ring (bicyclic) bond motifs is 2. The Labute approximate surface area is 110 Å². The summed E-state index contributed by atoms with van der Waals surface area (Å²) in [7, 11) is 2.02. The quantitative estimate of drug-likeness (QED) is 0.888. The van der Waals surface area contributed by atoms with Gasteiger partial charge in [-0.15, -0.1) is 0 Å². The second-order valence-corrected chi connectivity index (χ2v) is 6.54. The van der Waals surface area contributed by atoms with Crippen LogP contribution in [0.1, 0.15) is 43.5 Å². The molecule has 18 heavy (non-hydrogen) atoms. The van der Waals surface area contributed by atoms with Crippen LogP contribution in [-0.2, 0) is 13.5 Å². The molecule has 4 unspecified atom stereocenters. The van der Waals surface area contributed by atoms with Crippen LogP contribution in [0.2, 0.25) is 0 Å². The van der Waals surface area contributed by atoms with E-state index in [9.17, 15) is 0 Å². The Kier molecular flexibility index (Phi) is 3.18. The summed E-state index contributed by atoms with van der Waals surface area (Å²) in [6.45, 7) is 2.05. The third-order valence-electron chi connectivity index (χ3n) is 5.06. The summed E-state index contributed by atoms with van der Waals surface area (Å²) in [5, 5.41) is 4.40. The van der Waals surface area contributed by atoms with Gasteiger partial charge in [0.2, 0.25) is 0 Å². The maximum absolute atomic E-state index is 6.35. The number of nitrogens with zero attached hydrogens (tertiary/aromatic N) is 2. The molecule has 3 heteroatoms. The van der Waals surface area contributed by atoms with E-state index in [1.165, 1.54) is 37.8 Å². The molecule has 1 aromatic heterocycles. The van der Waals surface area contributed by atoms with Gasteiger partial charge in [-0.1, -0.05) is 6.42 Å². The molecule has 2 N–H and O–H groups in total. The van der Waals surface area contributed by atoms with E-state index in [2.05, 4.69) is 11.2 Å². The van der Waals surface area contributed by atoms with Gasteiger partial charge in [0.05, 0.1) is 5.69 Å². The van der Waals surface area contributed by atoms with Crippen LogP contribution >= 0.6 is 0 Å². The predicted molar refractivity (Wildman–Crippen MR) is 73.2 cm³/mol. The largest absolute Gasteiger partial charge is 0.327 e. The van der Waals surface area contributed by atoms with Crippen LogP contribution in [0.4, 0.5) is 0 Å². The molecule has 0 spiro atoms. The highest BCUT2D eigenvalue weighted by Crippen LogP contribution is 2.49. The summed E-state index contributed by atoms with van der Waals surface area (Å²) in [5.41, 5.74) is 8.73. The standard InChI is InChI=1S/C15H25N3/c1-10-5-15(18(2)17-10)9-14(16)8-13-7-11-3-4-12(13)6-11/h5,11-14H,3-4,6-9,16H2,1-2H3. The van der Waals surface area contributed by atoms with Crippen molar-refractivity contribution in [1.82, 2.24) is 9.78 Å². The molecule has 2 aliphatic carbocycles. The van der Waals surface area contributed by atoms with Crippen LogP contribution in [0, 0.1) is 24.7 Å². The lowest BCUT2D eigenvalue weighted by Crippen LogP contribution is -2.28. The fraction of sp³-hybridized carbons (Fsp3) is 0.800. The van der Waals surface area contributed by atoms with Crippen LogP contribution in [0.25, 0.3) is 0 Å². The minimum absolute atomic E-state index is 0.309. The topological polar surface area (TPSA) is 43.8 Å². The van der Waals surface area contributed by atoms with Crippen LogP contribution in [0.3, 0.4) is 0 Å². The number of hydrogen-bond acceptors (Lipinski definition) is 2. The molecule has 100 valence electrons. The molecular formula is C15H25N3. The first-order chi connectivity index (χ1) is 8.61. The van der Waals surface area contributed by atoms with Gasteiger partial charge in [0.15, 0.2) is 0 Å². The zero-order valence-electron chi connectivity index (χ0n) is 11.6. The first-order valence-electron chi connectivity index (χ1n) is 7.37. The van der Waals surface area contributed by atoms with E-state index < -0.39 is 0 Å². The monoisotopic (exact) mass is 247 g/mol. The fourth-order valence-electron chi connectivity index (χ4n) is 4.26. The normalized spacial score (nSPS) is 32.1. The summed E-state index contributed by atoms with van der Waals surface area (Å²) in [5.74, 6) is 2.94. The minimum atomic E-state index is 0.309. The Hall–Kier alpha value is -0.830. The van der Waals surface area contributed by atoms with Gasteiger partial charge in [0, 0.05) is 25.2 Å². The number of nitrogens with two attached hydrogens (primary N) is 1. The predicted octanol–water partition coefficient (Wildman–Crippen LogP) is 2.42. The lowest BCUT2D eigenvalue weighted by Gasteiger charge is -2.24. The molecule has 3 rings (SSSR count). The average molecular weight is 247 g/mol. The van der Waals surface area contributed by atoms with Crippen molar-refractivity contribution in [3.63, 3.8) is 0 Å². The second-order valence-electron chi connectivity index (χ2n) is 6.54. The molecule has 1 heterocycles. The summed E-state index contributed by atoms with van der Waals surface area (Å²) in [4.78, 5) is 0. The van der Waals surface area contributed by atoms with Gasteiger partial charge in [0.25, 0.3) is 0 Å². The molecule has 2 saturated carbocycles. The van der Waals surface area contributed by atoms with Crippen molar-refractivity contribution in [3.8, 4) is 0 Å². The van der Waals surface area contributed by atoms with Crippen molar-refractivity contribution >= 4 is 0 Å². The lowest BCUT2D eigenvalue weighted by atomic mass is 9.83. The van der Waals surface area contributed by atoms with Gasteiger partial charge in [-0.3, -0.25) is 4.68 Å². The van der Waals surface area contributed by atoms with Crippen molar-refractivity contribution in [2.45, 2.75) is 51.5 Å². The van der Waals surface area contributed by atoms with Gasteiger partial charge in [-0.05, 0) is 56.4 Å². The van der Waals surface area contributed by atoms with Gasteiger partial charge >= 0.3 is 0 Å². The van der Waals surface area contributed by atoms with Gasteiger partial charge < -0.3 is 5.73 Å². The van der Waals surface area contributed by atoms with Crippen LogP contribution in [0.15, 0.2) is 6.07 Å². The van der Waals surface area contributed by atoms with Gasteiger partial charge in [-0.2, -0.15) is 5.10 Å². The van der Waals surface area contributed by atoms with Crippen molar-refractivity contribution < 1.29 is 0 Å². The number of aromatic nitrogens is 2. The molecule has 0 radical (unpaired) electrons. The van der Waals surface area contributed by atoms with Crippen molar-refractivity contribution in [3.05, 3.63) is 17.5 Å². The first kappa shape index (κ1) is 12.2. The maximum atomic E-state index is 6.35. The lowest BCUT2D eigenvalue weighted by molar-refractivity contribution is 0.293. The van der Waals surface area contributed by atoms with Crippen molar-refractivity contribution in [2.24, 2.45) is 30.5 Å². The van der Waals surface area contributed by atoms with E-state index in [-0.39, 0.29) is 0 Å². The molecule has 1 aromatic rings. The molecule has 2 aliphatic rings. The molecule has 4 atom stereocenters. The second kappa shape index (κ2) is 4.69. The van der Waals surface area contributed by atoms with Gasteiger partial charge in [-0.25, -0.2) is 0 Å². The average Bonchev–Trinajstić information content (AvgIpc) is 2.95. The number of rotatable bonds is 4. The highest BCUT2D eigenvalue weighted by molar-refractivity contribution is 5.10. The van der Waals surface area contributed by atoms with E-state index in [1.807, 2.05) is 18.7 Å². The van der Waals surface area contributed by atoms with E-state index in [0.29, 0.717) is 6.04 Å². The molecule has 3 nitrogen and oxygen atoms in total. The van der Waals surface area contributed by atoms with Crippen LogP contribution in [0.5, 0.6) is 0 Å². The van der Waals surface area contributed by atoms with Crippen LogP contribution < -0.4 is 5.73 Å². The van der Waals surface area contributed by atoms with Crippen molar-refractivity contribution in [2.75, 3.05) is 0 Å². The Morgan fingerprint density at radius 1 is 1.44 bits per heavy atom. The molecule has 0 aromatic carbocycles. The maximum Gasteiger partial charge on any atom is 0.0596 e. The number of hydrogen-bond donors (Lipinski definition) is 1. The highest BCUT2D eigenvalue weighted by Gasteiger charge is 2.39. The van der Waals surface area contributed by atoms with E-state index in [0.717, 1.165) is 29.9 Å². The molecule has 2 bridgehead atoms. The summed E-state index contributed by atoms with van der Waals surface area (Å²) >= 11 is 0. The van der Waals surface area contributed by atoms with E-state index in [1.54, 1.807) is 0 Å². The van der Waals surface area contributed by atoms with E-state index >= 15 is 0 Å².